The van der Waals surface area contributed by atoms with Crippen molar-refractivity contribution in [2.24, 2.45) is 0 Å². The SMILES string of the molecule is CCNC(=O)CNC(=O)c1cnn(-c2ccccc2)n1. The minimum absolute atomic E-state index is 0.0785. The average Bonchev–Trinajstić information content (AvgIpc) is 2.96. The Hall–Kier alpha value is -2.70. The van der Waals surface area contributed by atoms with Crippen molar-refractivity contribution in [2.75, 3.05) is 13.1 Å². The van der Waals surface area contributed by atoms with Crippen molar-refractivity contribution in [1.29, 1.82) is 0 Å². The number of para-hydroxylation sites is 1. The first kappa shape index (κ1) is 13.7. The normalized spacial score (nSPS) is 10.1. The molecule has 1 aromatic heterocycles. The first-order chi connectivity index (χ1) is 9.70. The predicted molar refractivity (Wildman–Crippen MR) is 72.4 cm³/mol. The van der Waals surface area contributed by atoms with Crippen LogP contribution in [0, 0.1) is 0 Å². The number of aromatic nitrogens is 3. The number of hydrogen-bond acceptors (Lipinski definition) is 4. The van der Waals surface area contributed by atoms with E-state index in [-0.39, 0.29) is 18.1 Å². The van der Waals surface area contributed by atoms with E-state index in [2.05, 4.69) is 20.8 Å². The fourth-order valence-electron chi connectivity index (χ4n) is 1.56. The lowest BCUT2D eigenvalue weighted by Gasteiger charge is -2.02. The van der Waals surface area contributed by atoms with Crippen LogP contribution in [-0.4, -0.2) is 39.9 Å². The summed E-state index contributed by atoms with van der Waals surface area (Å²) in [5.41, 5.74) is 0.924. The second-order valence-corrected chi connectivity index (χ2v) is 3.99. The maximum absolute atomic E-state index is 11.8. The number of benzene rings is 1. The molecule has 2 aromatic rings. The predicted octanol–water partition coefficient (Wildman–Crippen LogP) is 0.133. The fourth-order valence-corrected chi connectivity index (χ4v) is 1.56. The second kappa shape index (κ2) is 6.46. The maximum atomic E-state index is 11.8. The van der Waals surface area contributed by atoms with Gasteiger partial charge in [0.25, 0.3) is 5.91 Å². The first-order valence-corrected chi connectivity index (χ1v) is 6.23. The van der Waals surface area contributed by atoms with Crippen molar-refractivity contribution in [3.8, 4) is 5.69 Å². The summed E-state index contributed by atoms with van der Waals surface area (Å²) in [5.74, 6) is -0.672. The van der Waals surface area contributed by atoms with Crippen molar-refractivity contribution >= 4 is 11.8 Å². The topological polar surface area (TPSA) is 88.9 Å². The van der Waals surface area contributed by atoms with Gasteiger partial charge in [0.15, 0.2) is 5.69 Å². The van der Waals surface area contributed by atoms with Crippen LogP contribution in [0.5, 0.6) is 0 Å². The molecule has 0 bridgehead atoms. The van der Waals surface area contributed by atoms with E-state index < -0.39 is 5.91 Å². The van der Waals surface area contributed by atoms with Crippen LogP contribution in [0.15, 0.2) is 36.5 Å². The Kier molecular flexibility index (Phi) is 4.43. The number of nitrogens with one attached hydrogen (secondary N) is 2. The van der Waals surface area contributed by atoms with Gasteiger partial charge in [-0.15, -0.1) is 5.10 Å². The highest BCUT2D eigenvalue weighted by Gasteiger charge is 2.12. The first-order valence-electron chi connectivity index (χ1n) is 6.23. The Morgan fingerprint density at radius 3 is 2.65 bits per heavy atom. The van der Waals surface area contributed by atoms with E-state index in [0.29, 0.717) is 6.54 Å². The van der Waals surface area contributed by atoms with Crippen LogP contribution in [0.3, 0.4) is 0 Å². The van der Waals surface area contributed by atoms with Crippen molar-refractivity contribution < 1.29 is 9.59 Å². The summed E-state index contributed by atoms with van der Waals surface area (Å²) >= 11 is 0. The summed E-state index contributed by atoms with van der Waals surface area (Å²) in [6, 6.07) is 9.25. The summed E-state index contributed by atoms with van der Waals surface area (Å²) in [7, 11) is 0. The van der Waals surface area contributed by atoms with E-state index in [1.807, 2.05) is 37.3 Å². The second-order valence-electron chi connectivity index (χ2n) is 3.99. The highest BCUT2D eigenvalue weighted by Crippen LogP contribution is 2.03. The van der Waals surface area contributed by atoms with Gasteiger partial charge in [0.1, 0.15) is 0 Å². The number of rotatable bonds is 5. The number of amides is 2. The van der Waals surface area contributed by atoms with Gasteiger partial charge in [0, 0.05) is 6.54 Å². The molecule has 2 N–H and O–H groups in total. The smallest absolute Gasteiger partial charge is 0.273 e. The maximum Gasteiger partial charge on any atom is 0.273 e. The largest absolute Gasteiger partial charge is 0.355 e. The summed E-state index contributed by atoms with van der Waals surface area (Å²) < 4.78 is 0. The monoisotopic (exact) mass is 273 g/mol. The molecule has 0 spiro atoms. The molecule has 0 saturated carbocycles. The van der Waals surface area contributed by atoms with Gasteiger partial charge in [0.2, 0.25) is 5.91 Å². The van der Waals surface area contributed by atoms with Gasteiger partial charge < -0.3 is 10.6 Å². The molecule has 2 rings (SSSR count). The molecular formula is C13H15N5O2. The van der Waals surface area contributed by atoms with Crippen molar-refractivity contribution in [1.82, 2.24) is 25.6 Å². The van der Waals surface area contributed by atoms with Crippen LogP contribution in [0.2, 0.25) is 0 Å². The van der Waals surface area contributed by atoms with Gasteiger partial charge in [-0.25, -0.2) is 0 Å². The molecule has 0 aliphatic carbocycles. The zero-order valence-electron chi connectivity index (χ0n) is 11.0. The highest BCUT2D eigenvalue weighted by atomic mass is 16.2. The molecule has 1 aromatic carbocycles. The van der Waals surface area contributed by atoms with E-state index >= 15 is 0 Å². The van der Waals surface area contributed by atoms with Crippen LogP contribution < -0.4 is 10.6 Å². The molecule has 0 fully saturated rings. The molecule has 104 valence electrons. The number of hydrogen-bond donors (Lipinski definition) is 2. The lowest BCUT2D eigenvalue weighted by molar-refractivity contribution is -0.120. The van der Waals surface area contributed by atoms with Crippen LogP contribution in [0.25, 0.3) is 5.69 Å². The Labute approximate surface area is 116 Å². The Morgan fingerprint density at radius 2 is 1.95 bits per heavy atom. The standard InChI is InChI=1S/C13H15N5O2/c1-2-14-12(19)9-15-13(20)11-8-16-18(17-11)10-6-4-3-5-7-10/h3-8H,2,9H2,1H3,(H,14,19)(H,15,20). The van der Waals surface area contributed by atoms with Gasteiger partial charge in [-0.05, 0) is 19.1 Å². The Bertz CT molecular complexity index is 594. The molecule has 7 heteroatoms. The van der Waals surface area contributed by atoms with Crippen LogP contribution in [-0.2, 0) is 4.79 Å². The summed E-state index contributed by atoms with van der Waals surface area (Å²) in [4.78, 5) is 24.4. The fraction of sp³-hybridized carbons (Fsp3) is 0.231. The molecule has 7 nitrogen and oxygen atoms in total. The van der Waals surface area contributed by atoms with Gasteiger partial charge in [0.05, 0.1) is 18.4 Å². The highest BCUT2D eigenvalue weighted by molar-refractivity contribution is 5.94. The van der Waals surface area contributed by atoms with Crippen molar-refractivity contribution in [3.05, 3.63) is 42.2 Å². The molecule has 0 unspecified atom stereocenters. The number of likely N-dealkylation sites (N-methyl/N-ethyl adjacent to an activating group) is 1. The van der Waals surface area contributed by atoms with E-state index in [4.69, 9.17) is 0 Å². The average molecular weight is 273 g/mol. The molecule has 20 heavy (non-hydrogen) atoms. The third-order valence-corrected chi connectivity index (χ3v) is 2.50. The summed E-state index contributed by atoms with van der Waals surface area (Å²) in [5, 5.41) is 13.2. The quantitative estimate of drug-likeness (QED) is 0.810. The van der Waals surface area contributed by atoms with Gasteiger partial charge in [-0.3, -0.25) is 9.59 Å². The third kappa shape index (κ3) is 3.41. The van der Waals surface area contributed by atoms with Gasteiger partial charge in [-0.2, -0.15) is 9.90 Å². The minimum atomic E-state index is -0.432. The molecule has 1 heterocycles. The zero-order valence-corrected chi connectivity index (χ0v) is 11.0. The molecule has 0 saturated heterocycles. The number of carbonyl (C=O) groups is 2. The molecule has 0 aliphatic heterocycles. The van der Waals surface area contributed by atoms with E-state index in [9.17, 15) is 9.59 Å². The van der Waals surface area contributed by atoms with Gasteiger partial charge in [-0.1, -0.05) is 18.2 Å². The molecule has 2 amide bonds. The molecule has 0 radical (unpaired) electrons. The van der Waals surface area contributed by atoms with Crippen LogP contribution in [0.4, 0.5) is 0 Å². The third-order valence-electron chi connectivity index (χ3n) is 2.50. The minimum Gasteiger partial charge on any atom is -0.355 e. The van der Waals surface area contributed by atoms with Crippen LogP contribution >= 0.6 is 0 Å². The molecule has 0 aliphatic rings. The summed E-state index contributed by atoms with van der Waals surface area (Å²) in [6.45, 7) is 2.26. The zero-order chi connectivity index (χ0) is 14.4. The van der Waals surface area contributed by atoms with E-state index in [1.165, 1.54) is 11.0 Å². The molecule has 0 atom stereocenters. The van der Waals surface area contributed by atoms with Crippen molar-refractivity contribution in [3.63, 3.8) is 0 Å². The van der Waals surface area contributed by atoms with Gasteiger partial charge >= 0.3 is 0 Å². The lowest BCUT2D eigenvalue weighted by atomic mass is 10.3. The number of carbonyl (C=O) groups excluding carboxylic acids is 2. The number of nitrogens with zero attached hydrogens (tertiary/aromatic N) is 3. The Morgan fingerprint density at radius 1 is 1.20 bits per heavy atom. The lowest BCUT2D eigenvalue weighted by Crippen LogP contribution is -2.36. The van der Waals surface area contributed by atoms with Crippen LogP contribution in [0.1, 0.15) is 17.4 Å². The van der Waals surface area contributed by atoms with Crippen molar-refractivity contribution in [2.45, 2.75) is 6.92 Å². The van der Waals surface area contributed by atoms with E-state index in [1.54, 1.807) is 0 Å². The van der Waals surface area contributed by atoms with E-state index in [0.717, 1.165) is 5.69 Å². The summed E-state index contributed by atoms with van der Waals surface area (Å²) in [6.07, 6.45) is 1.36. The molecular weight excluding hydrogens is 258 g/mol. The Balaban J connectivity index is 1.98.